The molecule has 118 valence electrons. The second-order valence-corrected chi connectivity index (χ2v) is 4.59. The minimum Gasteiger partial charge on any atom is -0.406 e. The van der Waals surface area contributed by atoms with Crippen LogP contribution in [0, 0.1) is 0 Å². The first-order valence-corrected chi connectivity index (χ1v) is 6.23. The lowest BCUT2D eigenvalue weighted by Gasteiger charge is -2.22. The minimum atomic E-state index is -4.74. The number of halogens is 4. The maximum Gasteiger partial charge on any atom is 0.573 e. The van der Waals surface area contributed by atoms with Crippen molar-refractivity contribution in [3.63, 3.8) is 0 Å². The van der Waals surface area contributed by atoms with Gasteiger partial charge >= 0.3 is 6.36 Å². The Hall–Kier alpha value is -1.47. The number of nitrogens with one attached hydrogen (secondary N) is 1. The molecule has 0 aliphatic carbocycles. The molecule has 1 fully saturated rings. The summed E-state index contributed by atoms with van der Waals surface area (Å²) in [5.41, 5.74) is 0.366. The van der Waals surface area contributed by atoms with E-state index in [1.54, 1.807) is 6.07 Å². The number of carbonyl (C=O) groups excluding carboxylic acids is 1. The zero-order chi connectivity index (χ0) is 14.8. The van der Waals surface area contributed by atoms with Gasteiger partial charge in [0.2, 0.25) is 5.91 Å². The molecule has 1 unspecified atom stereocenters. The third kappa shape index (κ3) is 4.78. The predicted molar refractivity (Wildman–Crippen MR) is 74.8 cm³/mol. The van der Waals surface area contributed by atoms with Crippen molar-refractivity contribution in [2.24, 2.45) is 0 Å². The van der Waals surface area contributed by atoms with Crippen molar-refractivity contribution in [3.8, 4) is 5.75 Å². The highest BCUT2D eigenvalue weighted by atomic mass is 35.5. The van der Waals surface area contributed by atoms with E-state index in [1.807, 2.05) is 0 Å². The van der Waals surface area contributed by atoms with Gasteiger partial charge in [0.05, 0.1) is 6.04 Å². The van der Waals surface area contributed by atoms with Crippen LogP contribution in [0.5, 0.6) is 5.75 Å². The first-order chi connectivity index (χ1) is 9.37. The monoisotopic (exact) mass is 324 g/mol. The fourth-order valence-corrected chi connectivity index (χ4v) is 2.15. The molecule has 0 aromatic heterocycles. The summed E-state index contributed by atoms with van der Waals surface area (Å²) >= 11 is 0. The largest absolute Gasteiger partial charge is 0.573 e. The van der Waals surface area contributed by atoms with Gasteiger partial charge in [-0.05, 0) is 31.5 Å². The highest BCUT2D eigenvalue weighted by molar-refractivity contribution is 5.97. The quantitative estimate of drug-likeness (QED) is 0.929. The van der Waals surface area contributed by atoms with Crippen molar-refractivity contribution in [1.82, 2.24) is 5.32 Å². The van der Waals surface area contributed by atoms with Crippen LogP contribution in [-0.2, 0) is 4.79 Å². The molecule has 8 heteroatoms. The van der Waals surface area contributed by atoms with Crippen LogP contribution in [0.4, 0.5) is 18.9 Å². The molecule has 0 spiro atoms. The van der Waals surface area contributed by atoms with Gasteiger partial charge in [-0.1, -0.05) is 6.07 Å². The number of anilines is 1. The van der Waals surface area contributed by atoms with Crippen molar-refractivity contribution < 1.29 is 22.7 Å². The van der Waals surface area contributed by atoms with Crippen LogP contribution >= 0.6 is 12.4 Å². The highest BCUT2D eigenvalue weighted by Gasteiger charge is 2.31. The predicted octanol–water partition coefficient (Wildman–Crippen LogP) is 2.72. The Morgan fingerprint density at radius 1 is 1.43 bits per heavy atom. The second-order valence-electron chi connectivity index (χ2n) is 4.59. The topological polar surface area (TPSA) is 41.6 Å². The minimum absolute atomic E-state index is 0. The summed E-state index contributed by atoms with van der Waals surface area (Å²) in [5, 5.41) is 3.06. The van der Waals surface area contributed by atoms with Crippen molar-refractivity contribution in [3.05, 3.63) is 24.3 Å². The summed E-state index contributed by atoms with van der Waals surface area (Å²) in [6.45, 7) is 0.779. The van der Waals surface area contributed by atoms with Gasteiger partial charge in [-0.3, -0.25) is 4.79 Å². The first-order valence-electron chi connectivity index (χ1n) is 6.23. The fraction of sp³-hybridized carbons (Fsp3) is 0.462. The number of alkyl halides is 3. The standard InChI is InChI=1S/C13H15F3N2O2.ClH/c1-18(12(19)11-6-3-7-17-11)9-4-2-5-10(8-9)20-13(14,15)16;/h2,4-5,8,11,17H,3,6-7H2,1H3;1H. The van der Waals surface area contributed by atoms with Gasteiger partial charge in [-0.15, -0.1) is 25.6 Å². The number of carbonyl (C=O) groups is 1. The van der Waals surface area contributed by atoms with E-state index >= 15 is 0 Å². The molecule has 1 aliphatic rings. The summed E-state index contributed by atoms with van der Waals surface area (Å²) < 4.78 is 40.3. The molecule has 0 saturated carbocycles. The Labute approximate surface area is 126 Å². The zero-order valence-corrected chi connectivity index (χ0v) is 12.1. The van der Waals surface area contributed by atoms with Crippen LogP contribution in [0.15, 0.2) is 24.3 Å². The van der Waals surface area contributed by atoms with Gasteiger partial charge < -0.3 is 15.0 Å². The van der Waals surface area contributed by atoms with E-state index in [4.69, 9.17) is 0 Å². The third-order valence-corrected chi connectivity index (χ3v) is 3.13. The first kappa shape index (κ1) is 17.6. The van der Waals surface area contributed by atoms with Gasteiger partial charge in [-0.25, -0.2) is 0 Å². The Kier molecular flexibility index (Phi) is 5.86. The molecule has 0 radical (unpaired) electrons. The lowest BCUT2D eigenvalue weighted by molar-refractivity contribution is -0.274. The molecule has 1 aliphatic heterocycles. The maximum atomic E-state index is 12.2. The number of hydrogen-bond acceptors (Lipinski definition) is 3. The van der Waals surface area contributed by atoms with Gasteiger partial charge in [0.1, 0.15) is 5.75 Å². The van der Waals surface area contributed by atoms with Gasteiger partial charge in [0.15, 0.2) is 0 Å². The molecule has 2 rings (SSSR count). The number of benzene rings is 1. The van der Waals surface area contributed by atoms with Gasteiger partial charge in [0, 0.05) is 18.8 Å². The van der Waals surface area contributed by atoms with E-state index in [-0.39, 0.29) is 30.1 Å². The van der Waals surface area contributed by atoms with Crippen LogP contribution in [0.25, 0.3) is 0 Å². The van der Waals surface area contributed by atoms with E-state index in [0.717, 1.165) is 19.4 Å². The van der Waals surface area contributed by atoms with Crippen LogP contribution in [0.2, 0.25) is 0 Å². The lowest BCUT2D eigenvalue weighted by atomic mass is 10.2. The summed E-state index contributed by atoms with van der Waals surface area (Å²) in [4.78, 5) is 13.5. The molecule has 1 aromatic rings. The van der Waals surface area contributed by atoms with Crippen molar-refractivity contribution in [2.75, 3.05) is 18.5 Å². The van der Waals surface area contributed by atoms with Crippen molar-refractivity contribution in [2.45, 2.75) is 25.2 Å². The number of hydrogen-bond donors (Lipinski definition) is 1. The molecule has 1 N–H and O–H groups in total. The Morgan fingerprint density at radius 2 is 2.14 bits per heavy atom. The Bertz CT molecular complexity index is 491. The highest BCUT2D eigenvalue weighted by Crippen LogP contribution is 2.27. The lowest BCUT2D eigenvalue weighted by Crippen LogP contribution is -2.41. The normalized spacial score (nSPS) is 18.0. The van der Waals surface area contributed by atoms with Gasteiger partial charge in [-0.2, -0.15) is 0 Å². The Morgan fingerprint density at radius 3 is 2.71 bits per heavy atom. The Balaban J connectivity index is 0.00000220. The molecule has 1 amide bonds. The zero-order valence-electron chi connectivity index (χ0n) is 11.3. The molecular formula is C13H16ClF3N2O2. The van der Waals surface area contributed by atoms with Crippen LogP contribution in [0.3, 0.4) is 0 Å². The van der Waals surface area contributed by atoms with Crippen molar-refractivity contribution in [1.29, 1.82) is 0 Å². The van der Waals surface area contributed by atoms with E-state index in [9.17, 15) is 18.0 Å². The number of ether oxygens (including phenoxy) is 1. The van der Waals surface area contributed by atoms with Crippen molar-refractivity contribution >= 4 is 24.0 Å². The third-order valence-electron chi connectivity index (χ3n) is 3.13. The van der Waals surface area contributed by atoms with Crippen LogP contribution in [-0.4, -0.2) is 31.9 Å². The molecule has 0 bridgehead atoms. The summed E-state index contributed by atoms with van der Waals surface area (Å²) in [6, 6.07) is 5.11. The molecular weight excluding hydrogens is 309 g/mol. The number of likely N-dealkylation sites (N-methyl/N-ethyl adjacent to an activating group) is 1. The molecule has 1 saturated heterocycles. The molecule has 1 atom stereocenters. The molecule has 4 nitrogen and oxygen atoms in total. The SMILES string of the molecule is CN(C(=O)C1CCCN1)c1cccc(OC(F)(F)F)c1.Cl. The summed E-state index contributed by atoms with van der Waals surface area (Å²) in [5.74, 6) is -0.499. The fourth-order valence-electron chi connectivity index (χ4n) is 2.15. The van der Waals surface area contributed by atoms with E-state index in [2.05, 4.69) is 10.1 Å². The van der Waals surface area contributed by atoms with Gasteiger partial charge in [0.25, 0.3) is 0 Å². The number of rotatable bonds is 3. The summed E-state index contributed by atoms with van der Waals surface area (Å²) in [6.07, 6.45) is -3.09. The van der Waals surface area contributed by atoms with Crippen LogP contribution in [0.1, 0.15) is 12.8 Å². The van der Waals surface area contributed by atoms with Crippen LogP contribution < -0.4 is 15.0 Å². The second kappa shape index (κ2) is 7.00. The smallest absolute Gasteiger partial charge is 0.406 e. The van der Waals surface area contributed by atoms with E-state index < -0.39 is 6.36 Å². The maximum absolute atomic E-state index is 12.2. The van der Waals surface area contributed by atoms with E-state index in [0.29, 0.717) is 5.69 Å². The summed E-state index contributed by atoms with van der Waals surface area (Å²) in [7, 11) is 1.54. The number of nitrogens with zero attached hydrogens (tertiary/aromatic N) is 1. The van der Waals surface area contributed by atoms with E-state index in [1.165, 1.54) is 30.1 Å². The molecule has 1 heterocycles. The average Bonchev–Trinajstić information content (AvgIpc) is 2.89. The average molecular weight is 325 g/mol. The molecule has 1 aromatic carbocycles. The number of amides is 1. The molecule has 21 heavy (non-hydrogen) atoms.